The number of anilines is 2. The standard InChI is InChI=1S/C29H34F3IN8O3/c1-2-25(42)39-9-11-40(12-10-39)27-19-6-8-41(26-20-16-34-37-22(20)5-4-21(26)29(30,31)32)17-23(19)35-28(36-27)44-14-3-7-38-13-15-43-24(33)18-38/h2,4-5,16,24H,1,3,6-15,17-18H2,(H,34,37)/t24-/m1/s1. The summed E-state index contributed by atoms with van der Waals surface area (Å²) < 4.78 is 54.4. The van der Waals surface area contributed by atoms with Gasteiger partial charge in [0.1, 0.15) is 9.93 Å². The lowest BCUT2D eigenvalue weighted by atomic mass is 10.0. The summed E-state index contributed by atoms with van der Waals surface area (Å²) in [5.74, 6) is 0.603. The van der Waals surface area contributed by atoms with Crippen molar-refractivity contribution >= 4 is 50.9 Å². The number of halogens is 4. The Morgan fingerprint density at radius 2 is 1.98 bits per heavy atom. The largest absolute Gasteiger partial charge is 0.463 e. The van der Waals surface area contributed by atoms with E-state index in [4.69, 9.17) is 19.4 Å². The zero-order valence-electron chi connectivity index (χ0n) is 24.2. The van der Waals surface area contributed by atoms with Crippen LogP contribution in [0.15, 0.2) is 31.0 Å². The molecule has 11 nitrogen and oxygen atoms in total. The predicted molar refractivity (Wildman–Crippen MR) is 167 cm³/mol. The van der Waals surface area contributed by atoms with Crippen LogP contribution in [0.5, 0.6) is 6.01 Å². The second-order valence-electron chi connectivity index (χ2n) is 11.0. The van der Waals surface area contributed by atoms with Crippen molar-refractivity contribution in [2.45, 2.75) is 29.7 Å². The minimum absolute atomic E-state index is 0.0904. The topological polar surface area (TPSA) is 103 Å². The summed E-state index contributed by atoms with van der Waals surface area (Å²) in [4.78, 5) is 29.6. The molecule has 3 aliphatic rings. The quantitative estimate of drug-likeness (QED) is 0.162. The molecule has 0 bridgehead atoms. The van der Waals surface area contributed by atoms with Gasteiger partial charge in [0.25, 0.3) is 0 Å². The number of amides is 1. The third-order valence-electron chi connectivity index (χ3n) is 8.26. The number of rotatable bonds is 8. The van der Waals surface area contributed by atoms with E-state index in [0.29, 0.717) is 74.8 Å². The summed E-state index contributed by atoms with van der Waals surface area (Å²) in [6.07, 6.45) is -0.557. The van der Waals surface area contributed by atoms with Crippen LogP contribution in [-0.2, 0) is 28.7 Å². The molecule has 6 rings (SSSR count). The lowest BCUT2D eigenvalue weighted by Gasteiger charge is -2.38. The van der Waals surface area contributed by atoms with E-state index in [1.165, 1.54) is 18.3 Å². The van der Waals surface area contributed by atoms with E-state index in [-0.39, 0.29) is 28.3 Å². The first-order valence-electron chi connectivity index (χ1n) is 14.7. The van der Waals surface area contributed by atoms with Crippen LogP contribution in [0.3, 0.4) is 0 Å². The van der Waals surface area contributed by atoms with E-state index >= 15 is 0 Å². The summed E-state index contributed by atoms with van der Waals surface area (Å²) in [6.45, 7) is 9.94. The molecule has 0 radical (unpaired) electrons. The van der Waals surface area contributed by atoms with Gasteiger partial charge in [-0.3, -0.25) is 14.8 Å². The maximum Gasteiger partial charge on any atom is 0.418 e. The molecule has 5 heterocycles. The predicted octanol–water partition coefficient (Wildman–Crippen LogP) is 3.63. The molecule has 15 heteroatoms. The first-order chi connectivity index (χ1) is 21.2. The maximum absolute atomic E-state index is 14.2. The Morgan fingerprint density at radius 1 is 1.16 bits per heavy atom. The van der Waals surface area contributed by atoms with Gasteiger partial charge in [-0.15, -0.1) is 0 Å². The molecular weight excluding hydrogens is 692 g/mol. The molecule has 236 valence electrons. The van der Waals surface area contributed by atoms with Crippen LogP contribution in [0, 0.1) is 0 Å². The summed E-state index contributed by atoms with van der Waals surface area (Å²) in [5.41, 5.74) is 1.45. The average molecular weight is 727 g/mol. The highest BCUT2D eigenvalue weighted by molar-refractivity contribution is 14.1. The van der Waals surface area contributed by atoms with Crippen molar-refractivity contribution in [2.75, 3.05) is 75.4 Å². The van der Waals surface area contributed by atoms with Gasteiger partial charge in [-0.2, -0.15) is 28.2 Å². The fourth-order valence-electron chi connectivity index (χ4n) is 6.06. The molecule has 1 atom stereocenters. The van der Waals surface area contributed by atoms with E-state index in [9.17, 15) is 18.0 Å². The number of hydrogen-bond acceptors (Lipinski definition) is 9. The highest BCUT2D eigenvalue weighted by Crippen LogP contribution is 2.42. The number of nitrogens with zero attached hydrogens (tertiary/aromatic N) is 7. The third kappa shape index (κ3) is 6.59. The smallest absolute Gasteiger partial charge is 0.418 e. The number of H-pyrrole nitrogens is 1. The van der Waals surface area contributed by atoms with Crippen LogP contribution in [0.1, 0.15) is 23.2 Å². The molecule has 2 fully saturated rings. The summed E-state index contributed by atoms with van der Waals surface area (Å²) >= 11 is 2.29. The second kappa shape index (κ2) is 13.0. The van der Waals surface area contributed by atoms with Crippen molar-refractivity contribution in [1.29, 1.82) is 0 Å². The average Bonchev–Trinajstić information content (AvgIpc) is 3.50. The first-order valence-corrected chi connectivity index (χ1v) is 15.9. The number of fused-ring (bicyclic) bond motifs is 2. The van der Waals surface area contributed by atoms with Gasteiger partial charge >= 0.3 is 12.2 Å². The summed E-state index contributed by atoms with van der Waals surface area (Å²) in [6, 6.07) is 2.72. The molecule has 44 heavy (non-hydrogen) atoms. The molecule has 0 unspecified atom stereocenters. The number of benzene rings is 1. The summed E-state index contributed by atoms with van der Waals surface area (Å²) in [5, 5.41) is 7.20. The van der Waals surface area contributed by atoms with Crippen LogP contribution < -0.4 is 14.5 Å². The Bertz CT molecular complexity index is 1510. The molecule has 2 saturated heterocycles. The first kappa shape index (κ1) is 30.8. The van der Waals surface area contributed by atoms with E-state index in [1.54, 1.807) is 9.80 Å². The zero-order chi connectivity index (χ0) is 30.8. The zero-order valence-corrected chi connectivity index (χ0v) is 26.3. The van der Waals surface area contributed by atoms with Gasteiger partial charge in [-0.25, -0.2) is 0 Å². The van der Waals surface area contributed by atoms with E-state index in [1.807, 2.05) is 0 Å². The minimum atomic E-state index is -4.54. The Morgan fingerprint density at radius 3 is 2.73 bits per heavy atom. The van der Waals surface area contributed by atoms with Crippen molar-refractivity contribution in [1.82, 2.24) is 30.0 Å². The minimum Gasteiger partial charge on any atom is -0.463 e. The number of aromatic nitrogens is 4. The third-order valence-corrected chi connectivity index (χ3v) is 9.02. The van der Waals surface area contributed by atoms with E-state index < -0.39 is 11.7 Å². The molecule has 1 N–H and O–H groups in total. The van der Waals surface area contributed by atoms with Gasteiger partial charge in [0, 0.05) is 63.3 Å². The van der Waals surface area contributed by atoms with Crippen LogP contribution in [0.25, 0.3) is 10.9 Å². The van der Waals surface area contributed by atoms with Gasteiger partial charge in [0.05, 0.1) is 48.4 Å². The van der Waals surface area contributed by atoms with Crippen LogP contribution in [0.4, 0.5) is 24.7 Å². The number of carbonyl (C=O) groups excluding carboxylic acids is 1. The molecule has 0 spiro atoms. The lowest BCUT2D eigenvalue weighted by molar-refractivity contribution is -0.137. The number of ether oxygens (including phenoxy) is 2. The van der Waals surface area contributed by atoms with Crippen LogP contribution in [0.2, 0.25) is 0 Å². The Labute approximate surface area is 266 Å². The van der Waals surface area contributed by atoms with Gasteiger partial charge in [-0.1, -0.05) is 6.58 Å². The number of nitrogens with one attached hydrogen (secondary N) is 1. The molecule has 1 aromatic carbocycles. The fraction of sp³-hybridized carbons (Fsp3) is 0.517. The highest BCUT2D eigenvalue weighted by atomic mass is 127. The van der Waals surface area contributed by atoms with Crippen molar-refractivity contribution in [3.05, 3.63) is 47.8 Å². The highest BCUT2D eigenvalue weighted by Gasteiger charge is 2.38. The van der Waals surface area contributed by atoms with E-state index in [2.05, 4.69) is 49.2 Å². The Balaban J connectivity index is 1.26. The van der Waals surface area contributed by atoms with Gasteiger partial charge in [0.15, 0.2) is 0 Å². The molecule has 1 amide bonds. The van der Waals surface area contributed by atoms with E-state index in [0.717, 1.165) is 37.7 Å². The normalized spacial score (nSPS) is 19.7. The molecule has 2 aromatic heterocycles. The van der Waals surface area contributed by atoms with Crippen LogP contribution in [-0.4, -0.2) is 106 Å². The summed E-state index contributed by atoms with van der Waals surface area (Å²) in [7, 11) is 0. The second-order valence-corrected chi connectivity index (χ2v) is 12.4. The molecule has 3 aliphatic heterocycles. The number of carbonyl (C=O) groups is 1. The molecule has 0 aliphatic carbocycles. The number of hydrogen-bond donors (Lipinski definition) is 1. The molecule has 3 aromatic rings. The van der Waals surface area contributed by atoms with Crippen molar-refractivity contribution in [2.24, 2.45) is 0 Å². The van der Waals surface area contributed by atoms with Gasteiger partial charge in [-0.05, 0) is 53.6 Å². The number of morpholine rings is 1. The monoisotopic (exact) mass is 726 g/mol. The van der Waals surface area contributed by atoms with Gasteiger partial charge in [0.2, 0.25) is 5.91 Å². The lowest BCUT2D eigenvalue weighted by Crippen LogP contribution is -2.49. The van der Waals surface area contributed by atoms with Crippen LogP contribution >= 0.6 is 22.6 Å². The van der Waals surface area contributed by atoms with Crippen molar-refractivity contribution < 1.29 is 27.4 Å². The molecular formula is C29H34F3IN8O3. The Kier molecular flexibility index (Phi) is 9.14. The Hall–Kier alpha value is -3.18. The number of alkyl halides is 4. The number of piperazine rings is 1. The fourth-order valence-corrected chi connectivity index (χ4v) is 6.87. The molecule has 0 saturated carbocycles. The van der Waals surface area contributed by atoms with Gasteiger partial charge < -0.3 is 24.2 Å². The number of aromatic amines is 1. The van der Waals surface area contributed by atoms with Crippen molar-refractivity contribution in [3.8, 4) is 6.01 Å². The SMILES string of the molecule is C=CC(=O)N1CCN(c2nc(OCCCN3CCO[C@@H](I)C3)nc3c2CCN(c2c(C(F)(F)F)ccc4[nH]ncc24)C3)CC1. The van der Waals surface area contributed by atoms with Crippen molar-refractivity contribution in [3.63, 3.8) is 0 Å². The maximum atomic E-state index is 14.2.